The normalized spacial score (nSPS) is 13.5. The predicted molar refractivity (Wildman–Crippen MR) is 139 cm³/mol. The quantitative estimate of drug-likeness (QED) is 0.386. The topological polar surface area (TPSA) is 71.5 Å². The molecule has 0 unspecified atom stereocenters. The molecule has 1 aliphatic heterocycles. The molecule has 4 aromatic rings. The van der Waals surface area contributed by atoms with E-state index in [2.05, 4.69) is 10.3 Å². The Labute approximate surface area is 208 Å². The molecule has 1 saturated heterocycles. The number of hydrogen-bond donors (Lipinski definition) is 1. The van der Waals surface area contributed by atoms with Crippen LogP contribution in [0.25, 0.3) is 21.3 Å². The molecule has 0 saturated carbocycles. The molecule has 35 heavy (non-hydrogen) atoms. The number of nitrogens with zero attached hydrogens (tertiary/aromatic N) is 2. The van der Waals surface area contributed by atoms with Crippen LogP contribution in [0.1, 0.15) is 34.6 Å². The lowest BCUT2D eigenvalue weighted by Crippen LogP contribution is -2.38. The molecule has 0 atom stereocenters. The summed E-state index contributed by atoms with van der Waals surface area (Å²) in [6.45, 7) is 1.77. The zero-order chi connectivity index (χ0) is 24.0. The van der Waals surface area contributed by atoms with Gasteiger partial charge in [-0.3, -0.25) is 14.6 Å². The average Bonchev–Trinajstić information content (AvgIpc) is 3.35. The number of nitrogens with one attached hydrogen (secondary N) is 1. The van der Waals surface area contributed by atoms with Crippen LogP contribution in [0.5, 0.6) is 5.75 Å². The van der Waals surface area contributed by atoms with Gasteiger partial charge in [-0.05, 0) is 43.0 Å². The first kappa shape index (κ1) is 23.1. The maximum atomic E-state index is 13.2. The lowest BCUT2D eigenvalue weighted by Gasteiger charge is -2.26. The van der Waals surface area contributed by atoms with E-state index in [1.807, 2.05) is 77.7 Å². The van der Waals surface area contributed by atoms with Crippen LogP contribution in [0, 0.1) is 0 Å². The van der Waals surface area contributed by atoms with Gasteiger partial charge < -0.3 is 15.0 Å². The van der Waals surface area contributed by atoms with Crippen molar-refractivity contribution in [3.8, 4) is 16.2 Å². The molecule has 178 valence electrons. The molecule has 0 bridgehead atoms. The Hall–Kier alpha value is -3.71. The van der Waals surface area contributed by atoms with E-state index in [-0.39, 0.29) is 18.4 Å². The van der Waals surface area contributed by atoms with Gasteiger partial charge in [-0.15, -0.1) is 11.3 Å². The Morgan fingerprint density at radius 3 is 2.54 bits per heavy atom. The van der Waals surface area contributed by atoms with Crippen molar-refractivity contribution in [1.82, 2.24) is 15.2 Å². The summed E-state index contributed by atoms with van der Waals surface area (Å²) in [7, 11) is 0. The number of likely N-dealkylation sites (tertiary alicyclic amines) is 1. The van der Waals surface area contributed by atoms with E-state index in [0.717, 1.165) is 59.4 Å². The lowest BCUT2D eigenvalue weighted by molar-refractivity contribution is -0.134. The summed E-state index contributed by atoms with van der Waals surface area (Å²) < 4.78 is 5.93. The second kappa shape index (κ2) is 10.7. The Morgan fingerprint density at radius 1 is 0.943 bits per heavy atom. The molecule has 0 radical (unpaired) electrons. The standard InChI is InChI=1S/C28H27N3O3S/c32-26(31-15-7-2-8-16-31)19-34-24-17-25(21-10-3-1-4-11-21)35-27(24)28(33)29-18-22-14-13-20-9-5-6-12-23(20)30-22/h1,3-6,9-14,17H,2,7-8,15-16,18-19H2,(H,29,33). The van der Waals surface area contributed by atoms with Gasteiger partial charge in [0.25, 0.3) is 11.8 Å². The first-order valence-corrected chi connectivity index (χ1v) is 12.7. The van der Waals surface area contributed by atoms with Gasteiger partial charge in [-0.1, -0.05) is 54.6 Å². The van der Waals surface area contributed by atoms with Gasteiger partial charge in [0.15, 0.2) is 6.61 Å². The van der Waals surface area contributed by atoms with Gasteiger partial charge in [0.2, 0.25) is 0 Å². The minimum atomic E-state index is -0.243. The molecule has 1 fully saturated rings. The van der Waals surface area contributed by atoms with Crippen LogP contribution in [0.4, 0.5) is 0 Å². The van der Waals surface area contributed by atoms with Crippen molar-refractivity contribution < 1.29 is 14.3 Å². The molecular weight excluding hydrogens is 458 g/mol. The van der Waals surface area contributed by atoms with Crippen LogP contribution in [-0.4, -0.2) is 41.4 Å². The van der Waals surface area contributed by atoms with Crippen LogP contribution in [0.3, 0.4) is 0 Å². The van der Waals surface area contributed by atoms with Gasteiger partial charge >= 0.3 is 0 Å². The number of piperidine rings is 1. The first-order valence-electron chi connectivity index (χ1n) is 11.9. The summed E-state index contributed by atoms with van der Waals surface area (Å²) >= 11 is 1.36. The second-order valence-corrected chi connectivity index (χ2v) is 9.63. The van der Waals surface area contributed by atoms with Crippen LogP contribution in [-0.2, 0) is 11.3 Å². The van der Waals surface area contributed by atoms with Crippen molar-refractivity contribution in [2.45, 2.75) is 25.8 Å². The van der Waals surface area contributed by atoms with Gasteiger partial charge in [0.05, 0.1) is 17.8 Å². The summed E-state index contributed by atoms with van der Waals surface area (Å²) in [5, 5.41) is 4.03. The third-order valence-electron chi connectivity index (χ3n) is 6.11. The van der Waals surface area contributed by atoms with E-state index in [1.165, 1.54) is 11.3 Å². The van der Waals surface area contributed by atoms with Crippen molar-refractivity contribution in [3.05, 3.63) is 83.4 Å². The number of carbonyl (C=O) groups excluding carboxylic acids is 2. The summed E-state index contributed by atoms with van der Waals surface area (Å²) in [5.74, 6) is 0.152. The number of hydrogen-bond acceptors (Lipinski definition) is 5. The molecular formula is C28H27N3O3S. The number of rotatable bonds is 7. The summed E-state index contributed by atoms with van der Waals surface area (Å²) in [4.78, 5) is 33.7. The molecule has 6 nitrogen and oxygen atoms in total. The Kier molecular flexibility index (Phi) is 7.04. The van der Waals surface area contributed by atoms with E-state index in [9.17, 15) is 9.59 Å². The first-order chi connectivity index (χ1) is 17.2. The average molecular weight is 486 g/mol. The lowest BCUT2D eigenvalue weighted by atomic mass is 10.1. The number of ether oxygens (including phenoxy) is 1. The molecule has 5 rings (SSSR count). The number of fused-ring (bicyclic) bond motifs is 1. The monoisotopic (exact) mass is 485 g/mol. The fraction of sp³-hybridized carbons (Fsp3) is 0.250. The van der Waals surface area contributed by atoms with E-state index in [0.29, 0.717) is 17.2 Å². The molecule has 0 aliphatic carbocycles. The predicted octanol–water partition coefficient (Wildman–Crippen LogP) is 5.28. The second-order valence-electron chi connectivity index (χ2n) is 8.58. The molecule has 1 N–H and O–H groups in total. The van der Waals surface area contributed by atoms with Crippen molar-refractivity contribution in [1.29, 1.82) is 0 Å². The summed E-state index contributed by atoms with van der Waals surface area (Å²) in [5.41, 5.74) is 2.67. The summed E-state index contributed by atoms with van der Waals surface area (Å²) in [6, 6.07) is 23.5. The minimum Gasteiger partial charge on any atom is -0.482 e. The molecule has 2 amide bonds. The zero-order valence-electron chi connectivity index (χ0n) is 19.4. The third kappa shape index (κ3) is 5.52. The molecule has 3 heterocycles. The Morgan fingerprint density at radius 2 is 1.71 bits per heavy atom. The van der Waals surface area contributed by atoms with Gasteiger partial charge in [0, 0.05) is 23.4 Å². The number of thiophene rings is 1. The third-order valence-corrected chi connectivity index (χ3v) is 7.27. The minimum absolute atomic E-state index is 0.0381. The molecule has 7 heteroatoms. The largest absolute Gasteiger partial charge is 0.482 e. The van der Waals surface area contributed by atoms with E-state index >= 15 is 0 Å². The van der Waals surface area contributed by atoms with Crippen molar-refractivity contribution in [3.63, 3.8) is 0 Å². The van der Waals surface area contributed by atoms with Gasteiger partial charge in [-0.2, -0.15) is 0 Å². The van der Waals surface area contributed by atoms with E-state index < -0.39 is 0 Å². The number of pyridine rings is 1. The zero-order valence-corrected chi connectivity index (χ0v) is 20.2. The van der Waals surface area contributed by atoms with E-state index in [4.69, 9.17) is 4.74 Å². The Balaban J connectivity index is 1.32. The van der Waals surface area contributed by atoms with Crippen LogP contribution < -0.4 is 10.1 Å². The smallest absolute Gasteiger partial charge is 0.265 e. The van der Waals surface area contributed by atoms with Crippen molar-refractivity contribution in [2.24, 2.45) is 0 Å². The molecule has 2 aromatic carbocycles. The van der Waals surface area contributed by atoms with Gasteiger partial charge in [0.1, 0.15) is 10.6 Å². The fourth-order valence-corrected chi connectivity index (χ4v) is 5.24. The number of benzene rings is 2. The number of aromatic nitrogens is 1. The highest BCUT2D eigenvalue weighted by molar-refractivity contribution is 7.17. The van der Waals surface area contributed by atoms with Crippen LogP contribution in [0.2, 0.25) is 0 Å². The van der Waals surface area contributed by atoms with Gasteiger partial charge in [-0.25, -0.2) is 0 Å². The number of para-hydroxylation sites is 1. The number of carbonyl (C=O) groups is 2. The maximum Gasteiger partial charge on any atom is 0.265 e. The van der Waals surface area contributed by atoms with Crippen molar-refractivity contribution in [2.75, 3.05) is 19.7 Å². The van der Waals surface area contributed by atoms with E-state index in [1.54, 1.807) is 0 Å². The maximum absolute atomic E-state index is 13.2. The highest BCUT2D eigenvalue weighted by Crippen LogP contribution is 2.36. The molecule has 1 aliphatic rings. The van der Waals surface area contributed by atoms with Crippen LogP contribution in [0.15, 0.2) is 72.8 Å². The van der Waals surface area contributed by atoms with Crippen molar-refractivity contribution >= 4 is 34.1 Å². The van der Waals surface area contributed by atoms with Crippen LogP contribution >= 0.6 is 11.3 Å². The molecule has 0 spiro atoms. The SMILES string of the molecule is O=C(NCc1ccc2ccccc2n1)c1sc(-c2ccccc2)cc1OCC(=O)N1CCCCC1. The fourth-order valence-electron chi connectivity index (χ4n) is 4.22. The Bertz CT molecular complexity index is 1330. The summed E-state index contributed by atoms with van der Waals surface area (Å²) in [6.07, 6.45) is 3.21. The highest BCUT2D eigenvalue weighted by atomic mass is 32.1. The molecule has 2 aromatic heterocycles. The highest BCUT2D eigenvalue weighted by Gasteiger charge is 2.22. The number of amides is 2.